The number of rotatable bonds is 7. The van der Waals surface area contributed by atoms with Crippen LogP contribution in [-0.2, 0) is 6.18 Å². The van der Waals surface area contributed by atoms with Gasteiger partial charge in [0.05, 0.1) is 56.0 Å². The van der Waals surface area contributed by atoms with E-state index in [9.17, 15) is 0 Å². The average molecular weight is 895 g/mol. The minimum atomic E-state index is -4.86. The molecule has 9 heteroatoms. The van der Waals surface area contributed by atoms with Crippen LogP contribution in [-0.4, -0.2) is 19.1 Å². The van der Waals surface area contributed by atoms with Crippen LogP contribution in [0.25, 0.3) is 111 Å². The summed E-state index contributed by atoms with van der Waals surface area (Å²) in [4.78, 5) is 9.22. The smallest absolute Gasteiger partial charge is 0.309 e. The first-order valence-corrected chi connectivity index (χ1v) is 22.0. The first-order valence-electron chi connectivity index (χ1n) is 22.0. The standard InChI is InChI=1S/C59H35F5N4/c60-47-18-11-19-48(61)57(47)58-55(67-51-20-9-7-16-43(51)45-30-38(22-24-53(45)67)40-26-28-65-49(32-40)36-12-3-1-4-13-36)34-42(59(62,63)64)35-56(58)68-52-21-10-8-17-44(52)46-31-39(23-25-54(46)68)41-27-29-66-50(33-41)37-14-5-2-6-15-37/h1-35H. The molecule has 0 N–H and O–H groups in total. The Hall–Kier alpha value is -8.69. The number of halogens is 5. The Balaban J connectivity index is 1.14. The Morgan fingerprint density at radius 1 is 0.338 bits per heavy atom. The fourth-order valence-corrected chi connectivity index (χ4v) is 9.70. The van der Waals surface area contributed by atoms with E-state index in [0.29, 0.717) is 22.1 Å². The van der Waals surface area contributed by atoms with Crippen molar-refractivity contribution in [2.75, 3.05) is 0 Å². The number of benzene rings is 8. The number of nitrogens with zero attached hydrogens (tertiary/aromatic N) is 4. The average Bonchev–Trinajstić information content (AvgIpc) is 3.88. The third kappa shape index (κ3) is 6.81. The number of aromatic nitrogens is 4. The lowest BCUT2D eigenvalue weighted by Gasteiger charge is -2.23. The van der Waals surface area contributed by atoms with Gasteiger partial charge in [-0.3, -0.25) is 9.97 Å². The third-order valence-corrected chi connectivity index (χ3v) is 12.8. The SMILES string of the molecule is Fc1cccc(F)c1-c1c(-n2c3ccccc3c3cc(-c4ccnc(-c5ccccc5)c4)ccc32)cc(C(F)(F)F)cc1-n1c2ccccc2c2cc(-c3ccnc(-c4ccccc4)c3)ccc21. The lowest BCUT2D eigenvalue weighted by Crippen LogP contribution is -2.12. The molecule has 0 aliphatic carbocycles. The zero-order valence-corrected chi connectivity index (χ0v) is 35.9. The summed E-state index contributed by atoms with van der Waals surface area (Å²) in [6.45, 7) is 0. The molecule has 0 saturated heterocycles. The summed E-state index contributed by atoms with van der Waals surface area (Å²) in [7, 11) is 0. The molecule has 0 saturated carbocycles. The first kappa shape index (κ1) is 40.8. The van der Waals surface area contributed by atoms with Gasteiger partial charge < -0.3 is 9.13 Å². The topological polar surface area (TPSA) is 35.6 Å². The van der Waals surface area contributed by atoms with E-state index < -0.39 is 28.9 Å². The predicted molar refractivity (Wildman–Crippen MR) is 263 cm³/mol. The lowest BCUT2D eigenvalue weighted by molar-refractivity contribution is -0.137. The van der Waals surface area contributed by atoms with Crippen LogP contribution in [0, 0.1) is 11.6 Å². The maximum atomic E-state index is 16.7. The molecule has 0 atom stereocenters. The van der Waals surface area contributed by atoms with E-state index in [1.54, 1.807) is 21.5 Å². The van der Waals surface area contributed by atoms with Gasteiger partial charge in [0, 0.05) is 50.6 Å². The molecule has 12 rings (SSSR count). The molecule has 0 amide bonds. The van der Waals surface area contributed by atoms with Gasteiger partial charge >= 0.3 is 6.18 Å². The molecule has 4 heterocycles. The van der Waals surface area contributed by atoms with Crippen molar-refractivity contribution in [3.63, 3.8) is 0 Å². The van der Waals surface area contributed by atoms with Crippen LogP contribution in [0.4, 0.5) is 22.0 Å². The molecule has 4 nitrogen and oxygen atoms in total. The van der Waals surface area contributed by atoms with Crippen molar-refractivity contribution >= 4 is 43.6 Å². The van der Waals surface area contributed by atoms with E-state index in [4.69, 9.17) is 0 Å². The highest BCUT2D eigenvalue weighted by atomic mass is 19.4. The second kappa shape index (κ2) is 16.0. The second-order valence-corrected chi connectivity index (χ2v) is 16.7. The van der Waals surface area contributed by atoms with Crippen molar-refractivity contribution in [2.45, 2.75) is 6.18 Å². The Kier molecular flexibility index (Phi) is 9.62. The molecule has 0 bridgehead atoms. The molecule has 0 spiro atoms. The van der Waals surface area contributed by atoms with Gasteiger partial charge in [-0.25, -0.2) is 8.78 Å². The van der Waals surface area contributed by atoms with Crippen LogP contribution in [0.1, 0.15) is 5.56 Å². The molecule has 68 heavy (non-hydrogen) atoms. The van der Waals surface area contributed by atoms with Crippen molar-refractivity contribution in [3.05, 3.63) is 230 Å². The Bertz CT molecular complexity index is 3690. The molecule has 0 radical (unpaired) electrons. The van der Waals surface area contributed by atoms with E-state index >= 15 is 22.0 Å². The quantitative estimate of drug-likeness (QED) is 0.149. The van der Waals surface area contributed by atoms with E-state index in [1.165, 1.54) is 6.07 Å². The summed E-state index contributed by atoms with van der Waals surface area (Å²) in [6, 6.07) is 59.4. The molecule has 326 valence electrons. The van der Waals surface area contributed by atoms with Crippen molar-refractivity contribution < 1.29 is 22.0 Å². The van der Waals surface area contributed by atoms with Gasteiger partial charge in [0.25, 0.3) is 0 Å². The zero-order valence-electron chi connectivity index (χ0n) is 35.9. The van der Waals surface area contributed by atoms with Crippen molar-refractivity contribution in [1.29, 1.82) is 0 Å². The summed E-state index contributed by atoms with van der Waals surface area (Å²) in [6.07, 6.45) is -1.36. The van der Waals surface area contributed by atoms with Crippen LogP contribution in [0.2, 0.25) is 0 Å². The molecule has 4 aromatic heterocycles. The number of para-hydroxylation sites is 2. The van der Waals surface area contributed by atoms with Gasteiger partial charge in [-0.05, 0) is 107 Å². The van der Waals surface area contributed by atoms with Gasteiger partial charge in [-0.15, -0.1) is 0 Å². The number of alkyl halides is 3. The van der Waals surface area contributed by atoms with E-state index in [1.807, 2.05) is 170 Å². The Morgan fingerprint density at radius 2 is 0.750 bits per heavy atom. The third-order valence-electron chi connectivity index (χ3n) is 12.8. The number of pyridine rings is 2. The van der Waals surface area contributed by atoms with Crippen LogP contribution in [0.3, 0.4) is 0 Å². The fraction of sp³-hybridized carbons (Fsp3) is 0.0169. The largest absolute Gasteiger partial charge is 0.416 e. The van der Waals surface area contributed by atoms with Gasteiger partial charge in [0.1, 0.15) is 11.6 Å². The highest BCUT2D eigenvalue weighted by Crippen LogP contribution is 2.47. The molecule has 0 aliphatic rings. The minimum Gasteiger partial charge on any atom is -0.309 e. The fourth-order valence-electron chi connectivity index (χ4n) is 9.70. The number of fused-ring (bicyclic) bond motifs is 6. The Labute approximate surface area is 386 Å². The van der Waals surface area contributed by atoms with Gasteiger partial charge in [-0.1, -0.05) is 115 Å². The summed E-state index contributed by atoms with van der Waals surface area (Å²) >= 11 is 0. The lowest BCUT2D eigenvalue weighted by atomic mass is 9.96. The summed E-state index contributed by atoms with van der Waals surface area (Å²) < 4.78 is 83.5. The Morgan fingerprint density at radius 3 is 1.21 bits per heavy atom. The number of hydrogen-bond donors (Lipinski definition) is 0. The molecule has 0 aliphatic heterocycles. The molecule has 8 aromatic carbocycles. The minimum absolute atomic E-state index is 0.0409. The van der Waals surface area contributed by atoms with Crippen LogP contribution >= 0.6 is 0 Å². The molecule has 0 unspecified atom stereocenters. The molecular formula is C59H35F5N4. The summed E-state index contributed by atoms with van der Waals surface area (Å²) in [5.74, 6) is -1.84. The second-order valence-electron chi connectivity index (χ2n) is 16.7. The van der Waals surface area contributed by atoms with Crippen molar-refractivity contribution in [3.8, 4) is 67.3 Å². The van der Waals surface area contributed by atoms with E-state index in [-0.39, 0.29) is 16.9 Å². The monoisotopic (exact) mass is 894 g/mol. The zero-order chi connectivity index (χ0) is 46.1. The highest BCUT2D eigenvalue weighted by molar-refractivity contribution is 6.13. The van der Waals surface area contributed by atoms with Crippen LogP contribution in [0.5, 0.6) is 0 Å². The van der Waals surface area contributed by atoms with Gasteiger partial charge in [-0.2, -0.15) is 13.2 Å². The molecule has 0 fully saturated rings. The normalized spacial score (nSPS) is 11.9. The maximum Gasteiger partial charge on any atom is 0.416 e. The van der Waals surface area contributed by atoms with Crippen LogP contribution in [0.15, 0.2) is 213 Å². The molecule has 12 aromatic rings. The van der Waals surface area contributed by atoms with Crippen molar-refractivity contribution in [2.24, 2.45) is 0 Å². The van der Waals surface area contributed by atoms with E-state index in [0.717, 1.165) is 90.6 Å². The van der Waals surface area contributed by atoms with Gasteiger partial charge in [0.2, 0.25) is 0 Å². The predicted octanol–water partition coefficient (Wildman–Crippen LogP) is 16.3. The summed E-state index contributed by atoms with van der Waals surface area (Å²) in [5, 5.41) is 2.98. The van der Waals surface area contributed by atoms with Crippen molar-refractivity contribution in [1.82, 2.24) is 19.1 Å². The van der Waals surface area contributed by atoms with Gasteiger partial charge in [0.15, 0.2) is 0 Å². The first-order chi connectivity index (χ1) is 33.2. The molecular weight excluding hydrogens is 860 g/mol. The maximum absolute atomic E-state index is 16.7. The van der Waals surface area contributed by atoms with E-state index in [2.05, 4.69) is 9.97 Å². The highest BCUT2D eigenvalue weighted by Gasteiger charge is 2.35. The number of hydrogen-bond acceptors (Lipinski definition) is 2. The van der Waals surface area contributed by atoms with Crippen LogP contribution < -0.4 is 0 Å². The summed E-state index contributed by atoms with van der Waals surface area (Å²) in [5.41, 5.74) is 7.64.